The van der Waals surface area contributed by atoms with E-state index in [4.69, 9.17) is 5.73 Å². The molecule has 2 aromatic heterocycles. The first-order valence-corrected chi connectivity index (χ1v) is 5.89. The van der Waals surface area contributed by atoms with E-state index < -0.39 is 0 Å². The van der Waals surface area contributed by atoms with E-state index >= 15 is 0 Å². The molecule has 5 nitrogen and oxygen atoms in total. The number of nitrogens with zero attached hydrogens (tertiary/aromatic N) is 3. The number of halogens is 1. The van der Waals surface area contributed by atoms with Gasteiger partial charge in [0.1, 0.15) is 5.82 Å². The van der Waals surface area contributed by atoms with Crippen LogP contribution in [0.2, 0.25) is 0 Å². The minimum atomic E-state index is 0.572. The summed E-state index contributed by atoms with van der Waals surface area (Å²) in [5.41, 5.74) is 8.25. The fourth-order valence-electron chi connectivity index (χ4n) is 1.32. The van der Waals surface area contributed by atoms with Crippen LogP contribution in [-0.4, -0.2) is 15.2 Å². The zero-order valence-electron chi connectivity index (χ0n) is 9.31. The van der Waals surface area contributed by atoms with Crippen molar-refractivity contribution in [3.8, 4) is 0 Å². The van der Waals surface area contributed by atoms with E-state index in [-0.39, 0.29) is 0 Å². The minimum Gasteiger partial charge on any atom is -0.397 e. The number of nitrogens with two attached hydrogens (primary N) is 1. The molecule has 0 atom stereocenters. The molecule has 88 valence electrons. The maximum absolute atomic E-state index is 5.75. The fourth-order valence-corrected chi connectivity index (χ4v) is 1.79. The highest BCUT2D eigenvalue weighted by Crippen LogP contribution is 2.27. The van der Waals surface area contributed by atoms with E-state index in [0.717, 1.165) is 21.5 Å². The summed E-state index contributed by atoms with van der Waals surface area (Å²) in [6, 6.07) is 3.75. The van der Waals surface area contributed by atoms with Crippen LogP contribution in [0.3, 0.4) is 0 Å². The second kappa shape index (κ2) is 5.09. The SMILES string of the molecule is Cc1c(N)cnc(NCc2cccnn2)c1Br. The van der Waals surface area contributed by atoms with E-state index in [1.165, 1.54) is 0 Å². The molecule has 0 aromatic carbocycles. The molecular formula is C11H12BrN5. The Labute approximate surface area is 108 Å². The standard InChI is InChI=1S/C11H12BrN5/c1-7-9(13)6-15-11(10(7)12)14-5-8-3-2-4-16-17-8/h2-4,6H,5,13H2,1H3,(H,14,15). The summed E-state index contributed by atoms with van der Waals surface area (Å²) >= 11 is 3.46. The molecule has 2 heterocycles. The maximum atomic E-state index is 5.75. The van der Waals surface area contributed by atoms with Crippen molar-refractivity contribution < 1.29 is 0 Å². The lowest BCUT2D eigenvalue weighted by Gasteiger charge is -2.10. The molecule has 0 saturated heterocycles. The highest BCUT2D eigenvalue weighted by molar-refractivity contribution is 9.10. The third kappa shape index (κ3) is 2.71. The second-order valence-corrected chi connectivity index (χ2v) is 4.36. The molecule has 0 unspecified atom stereocenters. The number of rotatable bonds is 3. The molecule has 6 heteroatoms. The van der Waals surface area contributed by atoms with Crippen LogP contribution in [0, 0.1) is 6.92 Å². The van der Waals surface area contributed by atoms with Crippen LogP contribution in [0.5, 0.6) is 0 Å². The predicted molar refractivity (Wildman–Crippen MR) is 70.4 cm³/mol. The molecule has 0 amide bonds. The Balaban J connectivity index is 2.13. The molecule has 0 aliphatic rings. The molecule has 2 rings (SSSR count). The first kappa shape index (κ1) is 11.8. The first-order chi connectivity index (χ1) is 8.18. The Hall–Kier alpha value is -1.69. The summed E-state index contributed by atoms with van der Waals surface area (Å²) in [4.78, 5) is 4.22. The monoisotopic (exact) mass is 293 g/mol. The quantitative estimate of drug-likeness (QED) is 0.907. The summed E-state index contributed by atoms with van der Waals surface area (Å²) < 4.78 is 0.876. The van der Waals surface area contributed by atoms with Gasteiger partial charge >= 0.3 is 0 Å². The number of hydrogen-bond acceptors (Lipinski definition) is 5. The van der Waals surface area contributed by atoms with Gasteiger partial charge in [-0.05, 0) is 40.5 Å². The predicted octanol–water partition coefficient (Wildman–Crippen LogP) is 2.14. The van der Waals surface area contributed by atoms with E-state index in [2.05, 4.69) is 36.4 Å². The number of nitrogens with one attached hydrogen (secondary N) is 1. The van der Waals surface area contributed by atoms with Crippen molar-refractivity contribution in [1.82, 2.24) is 15.2 Å². The molecule has 17 heavy (non-hydrogen) atoms. The van der Waals surface area contributed by atoms with Crippen LogP contribution in [-0.2, 0) is 6.54 Å². The van der Waals surface area contributed by atoms with Crippen molar-refractivity contribution in [1.29, 1.82) is 0 Å². The van der Waals surface area contributed by atoms with Gasteiger partial charge in [0.05, 0.1) is 28.6 Å². The third-order valence-electron chi connectivity index (χ3n) is 2.37. The van der Waals surface area contributed by atoms with Gasteiger partial charge in [-0.1, -0.05) is 0 Å². The first-order valence-electron chi connectivity index (χ1n) is 5.09. The van der Waals surface area contributed by atoms with Gasteiger partial charge in [-0.3, -0.25) is 0 Å². The fraction of sp³-hybridized carbons (Fsp3) is 0.182. The molecule has 0 spiro atoms. The Morgan fingerprint density at radius 3 is 3.00 bits per heavy atom. The van der Waals surface area contributed by atoms with Crippen molar-refractivity contribution in [2.45, 2.75) is 13.5 Å². The van der Waals surface area contributed by atoms with Gasteiger partial charge in [-0.15, -0.1) is 0 Å². The van der Waals surface area contributed by atoms with Crippen LogP contribution in [0.15, 0.2) is 29.0 Å². The molecule has 0 saturated carbocycles. The summed E-state index contributed by atoms with van der Waals surface area (Å²) in [5, 5.41) is 11.0. The molecule has 0 bridgehead atoms. The number of hydrogen-bond donors (Lipinski definition) is 2. The molecule has 3 N–H and O–H groups in total. The van der Waals surface area contributed by atoms with Crippen molar-refractivity contribution in [2.75, 3.05) is 11.1 Å². The van der Waals surface area contributed by atoms with Gasteiger partial charge in [0, 0.05) is 6.20 Å². The summed E-state index contributed by atoms with van der Waals surface area (Å²) in [6.45, 7) is 2.51. The molecule has 0 fully saturated rings. The minimum absolute atomic E-state index is 0.572. The molecule has 0 radical (unpaired) electrons. The van der Waals surface area contributed by atoms with E-state index in [1.807, 2.05) is 19.1 Å². The number of nitrogen functional groups attached to an aromatic ring is 1. The van der Waals surface area contributed by atoms with Crippen LogP contribution < -0.4 is 11.1 Å². The van der Waals surface area contributed by atoms with E-state index in [0.29, 0.717) is 12.2 Å². The number of pyridine rings is 1. The zero-order chi connectivity index (χ0) is 12.3. The third-order valence-corrected chi connectivity index (χ3v) is 3.34. The van der Waals surface area contributed by atoms with Crippen molar-refractivity contribution >= 4 is 27.4 Å². The Morgan fingerprint density at radius 1 is 1.47 bits per heavy atom. The van der Waals surface area contributed by atoms with Crippen molar-refractivity contribution in [3.63, 3.8) is 0 Å². The van der Waals surface area contributed by atoms with Gasteiger partial charge < -0.3 is 11.1 Å². The van der Waals surface area contributed by atoms with Crippen LogP contribution in [0.4, 0.5) is 11.5 Å². The smallest absolute Gasteiger partial charge is 0.141 e. The largest absolute Gasteiger partial charge is 0.397 e. The van der Waals surface area contributed by atoms with Gasteiger partial charge in [0.15, 0.2) is 0 Å². The lowest BCUT2D eigenvalue weighted by molar-refractivity contribution is 0.919. The molecule has 2 aromatic rings. The van der Waals surface area contributed by atoms with E-state index in [9.17, 15) is 0 Å². The van der Waals surface area contributed by atoms with Gasteiger partial charge in [-0.25, -0.2) is 4.98 Å². The Bertz CT molecular complexity index is 515. The topological polar surface area (TPSA) is 76.7 Å². The molecular weight excluding hydrogens is 282 g/mol. The van der Waals surface area contributed by atoms with Crippen molar-refractivity contribution in [3.05, 3.63) is 40.3 Å². The van der Waals surface area contributed by atoms with Crippen LogP contribution in [0.1, 0.15) is 11.3 Å². The lowest BCUT2D eigenvalue weighted by atomic mass is 10.2. The Kier molecular flexibility index (Phi) is 3.53. The highest BCUT2D eigenvalue weighted by Gasteiger charge is 2.07. The number of anilines is 2. The number of aromatic nitrogens is 3. The van der Waals surface area contributed by atoms with Gasteiger partial charge in [0.25, 0.3) is 0 Å². The molecule has 0 aliphatic carbocycles. The average molecular weight is 294 g/mol. The van der Waals surface area contributed by atoms with Crippen LogP contribution >= 0.6 is 15.9 Å². The summed E-state index contributed by atoms with van der Waals surface area (Å²) in [6.07, 6.45) is 3.28. The van der Waals surface area contributed by atoms with Crippen molar-refractivity contribution in [2.24, 2.45) is 0 Å². The summed E-state index contributed by atoms with van der Waals surface area (Å²) in [5.74, 6) is 0.752. The molecule has 0 aliphatic heterocycles. The second-order valence-electron chi connectivity index (χ2n) is 3.57. The summed E-state index contributed by atoms with van der Waals surface area (Å²) in [7, 11) is 0. The van der Waals surface area contributed by atoms with Crippen LogP contribution in [0.25, 0.3) is 0 Å². The lowest BCUT2D eigenvalue weighted by Crippen LogP contribution is -2.06. The van der Waals surface area contributed by atoms with Gasteiger partial charge in [-0.2, -0.15) is 10.2 Å². The van der Waals surface area contributed by atoms with E-state index in [1.54, 1.807) is 12.4 Å². The van der Waals surface area contributed by atoms with Gasteiger partial charge in [0.2, 0.25) is 0 Å². The zero-order valence-corrected chi connectivity index (χ0v) is 10.9. The average Bonchev–Trinajstić information content (AvgIpc) is 2.36. The maximum Gasteiger partial charge on any atom is 0.141 e. The highest BCUT2D eigenvalue weighted by atomic mass is 79.9. The Morgan fingerprint density at radius 2 is 2.29 bits per heavy atom. The normalized spacial score (nSPS) is 10.2.